The zero-order valence-electron chi connectivity index (χ0n) is 15.9. The Morgan fingerprint density at radius 3 is 2.26 bits per heavy atom. The number of aryl methyl sites for hydroxylation is 3. The minimum absolute atomic E-state index is 0.217. The van der Waals surface area contributed by atoms with E-state index in [2.05, 4.69) is 39.7 Å². The van der Waals surface area contributed by atoms with Gasteiger partial charge in [-0.1, -0.05) is 48.9 Å². The molecule has 1 heterocycles. The monoisotopic (exact) mass is 360 g/mol. The summed E-state index contributed by atoms with van der Waals surface area (Å²) >= 11 is 0. The largest absolute Gasteiger partial charge is 0.347 e. The number of nitrogens with one attached hydrogen (secondary N) is 2. The van der Waals surface area contributed by atoms with Crippen molar-refractivity contribution in [2.24, 2.45) is 0 Å². The molecule has 5 nitrogen and oxygen atoms in total. The summed E-state index contributed by atoms with van der Waals surface area (Å²) in [5, 5.41) is 6.08. The second kappa shape index (κ2) is 8.45. The molecule has 0 radical (unpaired) electrons. The highest BCUT2D eigenvalue weighted by Crippen LogP contribution is 2.15. The van der Waals surface area contributed by atoms with Gasteiger partial charge in [-0.05, 0) is 49.6 Å². The molecule has 3 rings (SSSR count). The van der Waals surface area contributed by atoms with E-state index in [9.17, 15) is 4.79 Å². The fourth-order valence-corrected chi connectivity index (χ4v) is 2.67. The second-order valence-corrected chi connectivity index (χ2v) is 6.56. The Morgan fingerprint density at radius 2 is 1.59 bits per heavy atom. The molecule has 0 aliphatic carbocycles. The van der Waals surface area contributed by atoms with Crippen molar-refractivity contribution in [2.45, 2.75) is 33.7 Å². The van der Waals surface area contributed by atoms with Crippen molar-refractivity contribution in [3.05, 3.63) is 82.7 Å². The van der Waals surface area contributed by atoms with Gasteiger partial charge in [0.1, 0.15) is 5.69 Å². The average Bonchev–Trinajstić information content (AvgIpc) is 2.67. The fraction of sp³-hybridized carbons (Fsp3) is 0.227. The fourth-order valence-electron chi connectivity index (χ4n) is 2.67. The van der Waals surface area contributed by atoms with Gasteiger partial charge in [-0.15, -0.1) is 0 Å². The van der Waals surface area contributed by atoms with Gasteiger partial charge < -0.3 is 10.6 Å². The predicted octanol–water partition coefficient (Wildman–Crippen LogP) is 4.33. The molecule has 0 unspecified atom stereocenters. The van der Waals surface area contributed by atoms with Crippen LogP contribution in [-0.4, -0.2) is 15.9 Å². The van der Waals surface area contributed by atoms with Crippen molar-refractivity contribution in [3.63, 3.8) is 0 Å². The Hall–Kier alpha value is -3.21. The van der Waals surface area contributed by atoms with Crippen LogP contribution >= 0.6 is 0 Å². The van der Waals surface area contributed by atoms with Crippen molar-refractivity contribution in [1.82, 2.24) is 15.3 Å². The zero-order chi connectivity index (χ0) is 19.2. The molecule has 0 saturated heterocycles. The Morgan fingerprint density at radius 1 is 0.926 bits per heavy atom. The van der Waals surface area contributed by atoms with Crippen LogP contribution < -0.4 is 10.6 Å². The van der Waals surface area contributed by atoms with Crippen molar-refractivity contribution in [1.29, 1.82) is 0 Å². The molecule has 1 aromatic heterocycles. The first-order valence-corrected chi connectivity index (χ1v) is 9.09. The van der Waals surface area contributed by atoms with Crippen molar-refractivity contribution >= 4 is 17.5 Å². The van der Waals surface area contributed by atoms with Crippen LogP contribution in [0.1, 0.15) is 39.8 Å². The Labute approximate surface area is 159 Å². The number of hydrogen-bond donors (Lipinski definition) is 2. The first-order valence-electron chi connectivity index (χ1n) is 9.09. The molecular formula is C22H24N4O. The Bertz CT molecular complexity index is 918. The lowest BCUT2D eigenvalue weighted by Crippen LogP contribution is -2.24. The number of anilines is 2. The van der Waals surface area contributed by atoms with Crippen LogP contribution in [0.25, 0.3) is 0 Å². The van der Waals surface area contributed by atoms with Gasteiger partial charge in [-0.3, -0.25) is 4.79 Å². The molecule has 0 saturated carbocycles. The maximum Gasteiger partial charge on any atom is 0.270 e. The molecule has 0 spiro atoms. The van der Waals surface area contributed by atoms with E-state index in [1.807, 2.05) is 50.2 Å². The first-order chi connectivity index (χ1) is 13.0. The minimum atomic E-state index is -0.217. The zero-order valence-corrected chi connectivity index (χ0v) is 15.9. The summed E-state index contributed by atoms with van der Waals surface area (Å²) in [5.41, 5.74) is 5.49. The lowest BCUT2D eigenvalue weighted by molar-refractivity contribution is 0.0945. The highest BCUT2D eigenvalue weighted by atomic mass is 16.1. The highest BCUT2D eigenvalue weighted by molar-refractivity contribution is 5.92. The van der Waals surface area contributed by atoms with Gasteiger partial charge in [0.15, 0.2) is 0 Å². The molecule has 0 atom stereocenters. The Balaban J connectivity index is 1.69. The van der Waals surface area contributed by atoms with E-state index in [-0.39, 0.29) is 5.91 Å². The van der Waals surface area contributed by atoms with E-state index >= 15 is 0 Å². The van der Waals surface area contributed by atoms with Crippen LogP contribution in [0, 0.1) is 13.8 Å². The lowest BCUT2D eigenvalue weighted by Gasteiger charge is -2.09. The molecule has 2 aromatic carbocycles. The molecule has 0 fully saturated rings. The molecule has 3 aromatic rings. The van der Waals surface area contributed by atoms with Crippen LogP contribution in [0.15, 0.2) is 54.6 Å². The number of rotatable bonds is 6. The molecule has 5 heteroatoms. The third kappa shape index (κ3) is 5.14. The Kier molecular flexibility index (Phi) is 5.81. The van der Waals surface area contributed by atoms with Gasteiger partial charge in [0.25, 0.3) is 5.91 Å². The first kappa shape index (κ1) is 18.6. The van der Waals surface area contributed by atoms with Gasteiger partial charge in [0.2, 0.25) is 5.95 Å². The summed E-state index contributed by atoms with van der Waals surface area (Å²) in [6, 6.07) is 17.9. The minimum Gasteiger partial charge on any atom is -0.347 e. The van der Waals surface area contributed by atoms with E-state index in [4.69, 9.17) is 0 Å². The number of benzene rings is 2. The molecule has 138 valence electrons. The molecular weight excluding hydrogens is 336 g/mol. The summed E-state index contributed by atoms with van der Waals surface area (Å²) in [4.78, 5) is 21.2. The SMILES string of the molecule is CCc1ccc(Nc2nc(C)cc(C(=O)NCc3ccc(C)cc3)n2)cc1. The molecule has 0 bridgehead atoms. The molecule has 0 aliphatic rings. The van der Waals surface area contributed by atoms with Crippen LogP contribution in [0.4, 0.5) is 11.6 Å². The van der Waals surface area contributed by atoms with Gasteiger partial charge in [0.05, 0.1) is 0 Å². The number of carbonyl (C=O) groups excluding carboxylic acids is 1. The average molecular weight is 360 g/mol. The van der Waals surface area contributed by atoms with Crippen molar-refractivity contribution in [3.8, 4) is 0 Å². The van der Waals surface area contributed by atoms with Gasteiger partial charge in [-0.2, -0.15) is 0 Å². The molecule has 27 heavy (non-hydrogen) atoms. The predicted molar refractivity (Wildman–Crippen MR) is 108 cm³/mol. The van der Waals surface area contributed by atoms with E-state index < -0.39 is 0 Å². The summed E-state index contributed by atoms with van der Waals surface area (Å²) in [5.74, 6) is 0.199. The van der Waals surface area contributed by atoms with Gasteiger partial charge in [-0.25, -0.2) is 9.97 Å². The van der Waals surface area contributed by atoms with Crippen LogP contribution in [0.2, 0.25) is 0 Å². The second-order valence-electron chi connectivity index (χ2n) is 6.56. The number of hydrogen-bond acceptors (Lipinski definition) is 4. The smallest absolute Gasteiger partial charge is 0.270 e. The van der Waals surface area contributed by atoms with E-state index in [1.54, 1.807) is 6.07 Å². The van der Waals surface area contributed by atoms with E-state index in [0.717, 1.165) is 23.4 Å². The van der Waals surface area contributed by atoms with Crippen molar-refractivity contribution in [2.75, 3.05) is 5.32 Å². The maximum absolute atomic E-state index is 12.5. The number of amides is 1. The van der Waals surface area contributed by atoms with Gasteiger partial charge in [0, 0.05) is 17.9 Å². The topological polar surface area (TPSA) is 66.9 Å². The highest BCUT2D eigenvalue weighted by Gasteiger charge is 2.11. The quantitative estimate of drug-likeness (QED) is 0.687. The number of nitrogens with zero attached hydrogens (tertiary/aromatic N) is 2. The summed E-state index contributed by atoms with van der Waals surface area (Å²) < 4.78 is 0. The number of aromatic nitrogens is 2. The normalized spacial score (nSPS) is 10.5. The summed E-state index contributed by atoms with van der Waals surface area (Å²) in [6.45, 7) is 6.47. The third-order valence-electron chi connectivity index (χ3n) is 4.28. The van der Waals surface area contributed by atoms with Crippen molar-refractivity contribution < 1.29 is 4.79 Å². The van der Waals surface area contributed by atoms with Crippen LogP contribution in [0.5, 0.6) is 0 Å². The third-order valence-corrected chi connectivity index (χ3v) is 4.28. The van der Waals surface area contributed by atoms with Gasteiger partial charge >= 0.3 is 0 Å². The summed E-state index contributed by atoms with van der Waals surface area (Å²) in [6.07, 6.45) is 0.993. The van der Waals surface area contributed by atoms with Crippen LogP contribution in [0.3, 0.4) is 0 Å². The number of carbonyl (C=O) groups is 1. The standard InChI is InChI=1S/C22H24N4O/c1-4-17-9-11-19(12-10-17)25-22-24-16(3)13-20(26-22)21(27)23-14-18-7-5-15(2)6-8-18/h5-13H,4,14H2,1-3H3,(H,23,27)(H,24,25,26). The molecule has 0 aliphatic heterocycles. The van der Waals surface area contributed by atoms with Crippen LogP contribution in [-0.2, 0) is 13.0 Å². The lowest BCUT2D eigenvalue weighted by atomic mass is 10.1. The maximum atomic E-state index is 12.5. The molecule has 1 amide bonds. The summed E-state index contributed by atoms with van der Waals surface area (Å²) in [7, 11) is 0. The van der Waals surface area contributed by atoms with E-state index in [0.29, 0.717) is 18.2 Å². The molecule has 2 N–H and O–H groups in total. The van der Waals surface area contributed by atoms with E-state index in [1.165, 1.54) is 11.1 Å².